The number of nitrogens with one attached hydrogen (secondary N) is 1. The quantitative estimate of drug-likeness (QED) is 0.717. The second-order valence-corrected chi connectivity index (χ2v) is 6.77. The van der Waals surface area contributed by atoms with Gasteiger partial charge in [-0.15, -0.1) is 5.10 Å². The first-order valence-electron chi connectivity index (χ1n) is 8.04. The zero-order valence-corrected chi connectivity index (χ0v) is 15.2. The molecule has 8 nitrogen and oxygen atoms in total. The number of ether oxygens (including phenoxy) is 2. The molecule has 0 bridgehead atoms. The molecule has 1 fully saturated rings. The fraction of sp³-hybridized carbons (Fsp3) is 0.500. The topological polar surface area (TPSA) is 91.2 Å². The average molecular weight is 363 g/mol. The summed E-state index contributed by atoms with van der Waals surface area (Å²) in [7, 11) is 3.21. The molecule has 0 radical (unpaired) electrons. The number of carbonyl (C=O) groups excluding carboxylic acids is 1. The molecule has 1 amide bonds. The molecule has 1 N–H and O–H groups in total. The molecule has 0 saturated heterocycles. The lowest BCUT2D eigenvalue weighted by molar-refractivity contribution is -0.119. The summed E-state index contributed by atoms with van der Waals surface area (Å²) in [4.78, 5) is 12.3. The van der Waals surface area contributed by atoms with E-state index >= 15 is 0 Å². The molecule has 2 aromatic rings. The lowest BCUT2D eigenvalue weighted by Gasteiger charge is -2.18. The lowest BCUT2D eigenvalue weighted by atomic mass is 10.1. The van der Waals surface area contributed by atoms with Crippen LogP contribution in [-0.2, 0) is 4.79 Å². The normalized spacial score (nSPS) is 14.8. The van der Waals surface area contributed by atoms with Gasteiger partial charge in [0.25, 0.3) is 0 Å². The highest BCUT2D eigenvalue weighted by molar-refractivity contribution is 7.99. The zero-order valence-electron chi connectivity index (χ0n) is 14.4. The third kappa shape index (κ3) is 4.22. The molecule has 1 aliphatic rings. The summed E-state index contributed by atoms with van der Waals surface area (Å²) >= 11 is 1.34. The van der Waals surface area contributed by atoms with E-state index in [9.17, 15) is 4.79 Å². The Hall–Kier alpha value is -2.29. The van der Waals surface area contributed by atoms with Crippen molar-refractivity contribution in [3.05, 3.63) is 23.8 Å². The monoisotopic (exact) mass is 363 g/mol. The maximum Gasteiger partial charge on any atom is 0.230 e. The van der Waals surface area contributed by atoms with Crippen LogP contribution in [0.4, 0.5) is 0 Å². The number of methoxy groups -OCH3 is 2. The largest absolute Gasteiger partial charge is 0.497 e. The molecular formula is C16H21N5O3S. The van der Waals surface area contributed by atoms with Crippen molar-refractivity contribution in [1.29, 1.82) is 0 Å². The molecule has 1 saturated carbocycles. The highest BCUT2D eigenvalue weighted by Gasteiger charge is 2.28. The van der Waals surface area contributed by atoms with Crippen LogP contribution in [0.25, 0.3) is 0 Å². The van der Waals surface area contributed by atoms with E-state index < -0.39 is 0 Å². The van der Waals surface area contributed by atoms with Gasteiger partial charge in [0.15, 0.2) is 0 Å². The minimum Gasteiger partial charge on any atom is -0.497 e. The van der Waals surface area contributed by atoms with Gasteiger partial charge in [-0.3, -0.25) is 4.79 Å². The van der Waals surface area contributed by atoms with Crippen LogP contribution in [0.2, 0.25) is 0 Å². The van der Waals surface area contributed by atoms with Crippen LogP contribution in [0.15, 0.2) is 23.4 Å². The van der Waals surface area contributed by atoms with Crippen molar-refractivity contribution in [1.82, 2.24) is 25.5 Å². The molecule has 9 heteroatoms. The van der Waals surface area contributed by atoms with E-state index in [4.69, 9.17) is 9.47 Å². The van der Waals surface area contributed by atoms with Gasteiger partial charge in [-0.2, -0.15) is 0 Å². The Labute approximate surface area is 150 Å². The van der Waals surface area contributed by atoms with Gasteiger partial charge in [0.05, 0.1) is 32.1 Å². The van der Waals surface area contributed by atoms with Gasteiger partial charge in [0.1, 0.15) is 11.5 Å². The Morgan fingerprint density at radius 2 is 2.20 bits per heavy atom. The van der Waals surface area contributed by atoms with E-state index in [1.807, 2.05) is 25.1 Å². The highest BCUT2D eigenvalue weighted by atomic mass is 32.2. The highest BCUT2D eigenvalue weighted by Crippen LogP contribution is 2.36. The van der Waals surface area contributed by atoms with Gasteiger partial charge in [-0.1, -0.05) is 11.8 Å². The third-order valence-electron chi connectivity index (χ3n) is 3.97. The molecule has 25 heavy (non-hydrogen) atoms. The van der Waals surface area contributed by atoms with E-state index in [2.05, 4.69) is 20.8 Å². The summed E-state index contributed by atoms with van der Waals surface area (Å²) in [5, 5.41) is 15.3. The lowest BCUT2D eigenvalue weighted by Crippen LogP contribution is -2.28. The number of rotatable bonds is 8. The molecular weight excluding hydrogens is 342 g/mol. The summed E-state index contributed by atoms with van der Waals surface area (Å²) in [5.41, 5.74) is 0.864. The summed E-state index contributed by atoms with van der Waals surface area (Å²) in [5.74, 6) is 1.59. The van der Waals surface area contributed by atoms with E-state index in [1.54, 1.807) is 18.9 Å². The molecule has 3 rings (SSSR count). The number of thioether (sulfide) groups is 1. The first-order chi connectivity index (χ1) is 12.1. The van der Waals surface area contributed by atoms with Crippen LogP contribution in [-0.4, -0.2) is 46.1 Å². The number of amides is 1. The molecule has 1 atom stereocenters. The van der Waals surface area contributed by atoms with Crippen LogP contribution in [0.3, 0.4) is 0 Å². The summed E-state index contributed by atoms with van der Waals surface area (Å²) in [6, 6.07) is 5.70. The maximum absolute atomic E-state index is 12.3. The van der Waals surface area contributed by atoms with Crippen LogP contribution in [0, 0.1) is 0 Å². The van der Waals surface area contributed by atoms with E-state index in [1.165, 1.54) is 11.8 Å². The minimum atomic E-state index is -0.211. The SMILES string of the molecule is COc1ccc(OC)c([C@@H](C)NC(=O)CSc2nnnn2C2CC2)c1. The molecule has 0 spiro atoms. The van der Waals surface area contributed by atoms with Gasteiger partial charge in [-0.25, -0.2) is 4.68 Å². The number of hydrogen-bond acceptors (Lipinski definition) is 7. The van der Waals surface area contributed by atoms with Crippen molar-refractivity contribution in [3.8, 4) is 11.5 Å². The molecule has 0 unspecified atom stereocenters. The summed E-state index contributed by atoms with van der Waals surface area (Å²) in [6.07, 6.45) is 2.19. The average Bonchev–Trinajstić information content (AvgIpc) is 3.37. The van der Waals surface area contributed by atoms with E-state index in [0.717, 1.165) is 24.2 Å². The van der Waals surface area contributed by atoms with E-state index in [-0.39, 0.29) is 17.7 Å². The number of carbonyl (C=O) groups is 1. The fourth-order valence-corrected chi connectivity index (χ4v) is 3.25. The van der Waals surface area contributed by atoms with Crippen molar-refractivity contribution < 1.29 is 14.3 Å². The molecule has 1 aliphatic carbocycles. The van der Waals surface area contributed by atoms with Crippen LogP contribution in [0.5, 0.6) is 11.5 Å². The van der Waals surface area contributed by atoms with Crippen molar-refractivity contribution >= 4 is 17.7 Å². The van der Waals surface area contributed by atoms with Gasteiger partial charge in [-0.05, 0) is 48.4 Å². The molecule has 1 heterocycles. The standard InChI is InChI=1S/C16H21N5O3S/c1-10(13-8-12(23-2)6-7-14(13)24-3)17-15(22)9-25-16-18-19-20-21(16)11-4-5-11/h6-8,10-11H,4-5,9H2,1-3H3,(H,17,22)/t10-/m1/s1. The Morgan fingerprint density at radius 1 is 1.40 bits per heavy atom. The van der Waals surface area contributed by atoms with Crippen LogP contribution in [0.1, 0.15) is 37.4 Å². The first-order valence-corrected chi connectivity index (χ1v) is 9.03. The van der Waals surface area contributed by atoms with Crippen molar-refractivity contribution in [3.63, 3.8) is 0 Å². The van der Waals surface area contributed by atoms with Crippen molar-refractivity contribution in [2.45, 2.75) is 37.0 Å². The second kappa shape index (κ2) is 7.73. The smallest absolute Gasteiger partial charge is 0.230 e. The molecule has 134 valence electrons. The number of benzene rings is 1. The summed E-state index contributed by atoms with van der Waals surface area (Å²) in [6.45, 7) is 1.91. The minimum absolute atomic E-state index is 0.0901. The van der Waals surface area contributed by atoms with Gasteiger partial charge in [0.2, 0.25) is 11.1 Å². The molecule has 1 aromatic carbocycles. The Bertz CT molecular complexity index is 747. The number of aromatic nitrogens is 4. The first kappa shape index (κ1) is 17.5. The summed E-state index contributed by atoms with van der Waals surface area (Å²) < 4.78 is 12.4. The third-order valence-corrected chi connectivity index (χ3v) is 4.90. The van der Waals surface area contributed by atoms with Crippen LogP contribution < -0.4 is 14.8 Å². The fourth-order valence-electron chi connectivity index (χ4n) is 2.50. The second-order valence-electron chi connectivity index (χ2n) is 5.82. The van der Waals surface area contributed by atoms with Gasteiger partial charge < -0.3 is 14.8 Å². The van der Waals surface area contributed by atoms with Crippen molar-refractivity contribution in [2.75, 3.05) is 20.0 Å². The van der Waals surface area contributed by atoms with E-state index in [0.29, 0.717) is 16.9 Å². The Morgan fingerprint density at radius 3 is 2.88 bits per heavy atom. The number of nitrogens with zero attached hydrogens (tertiary/aromatic N) is 4. The number of hydrogen-bond donors (Lipinski definition) is 1. The maximum atomic E-state index is 12.3. The van der Waals surface area contributed by atoms with Crippen molar-refractivity contribution in [2.24, 2.45) is 0 Å². The zero-order chi connectivity index (χ0) is 17.8. The van der Waals surface area contributed by atoms with Gasteiger partial charge in [0, 0.05) is 5.56 Å². The van der Waals surface area contributed by atoms with Gasteiger partial charge >= 0.3 is 0 Å². The van der Waals surface area contributed by atoms with Crippen LogP contribution >= 0.6 is 11.8 Å². The molecule has 0 aliphatic heterocycles. The molecule has 1 aromatic heterocycles. The number of tetrazole rings is 1. The Kier molecular flexibility index (Phi) is 5.42. The Balaban J connectivity index is 1.59. The predicted octanol–water partition coefficient (Wildman–Crippen LogP) is 1.99. The predicted molar refractivity (Wildman–Crippen MR) is 92.9 cm³/mol.